The van der Waals surface area contributed by atoms with Crippen LogP contribution in [0.1, 0.15) is 39.4 Å². The Labute approximate surface area is 141 Å². The topological polar surface area (TPSA) is 67.4 Å². The first-order valence-electron chi connectivity index (χ1n) is 8.46. The van der Waals surface area contributed by atoms with Gasteiger partial charge in [-0.25, -0.2) is 19.2 Å². The van der Waals surface area contributed by atoms with Gasteiger partial charge in [0.1, 0.15) is 11.4 Å². The fourth-order valence-corrected chi connectivity index (χ4v) is 3.74. The Morgan fingerprint density at radius 3 is 2.54 bits per heavy atom. The highest BCUT2D eigenvalue weighted by molar-refractivity contribution is 5.68. The number of aromatic nitrogens is 2. The Morgan fingerprint density at radius 2 is 1.96 bits per heavy atom. The first-order chi connectivity index (χ1) is 11.2. The number of alkyl carbamates (subject to hydrolysis) is 1. The van der Waals surface area contributed by atoms with Crippen LogP contribution >= 0.6 is 0 Å². The highest BCUT2D eigenvalue weighted by Gasteiger charge is 2.44. The number of aryl methyl sites for hydroxylation is 1. The summed E-state index contributed by atoms with van der Waals surface area (Å²) in [6, 6.07) is 0.0853. The zero-order valence-electron chi connectivity index (χ0n) is 14.7. The van der Waals surface area contributed by atoms with Crippen molar-refractivity contribution in [1.82, 2.24) is 15.3 Å². The van der Waals surface area contributed by atoms with E-state index in [0.717, 1.165) is 12.8 Å². The number of fused-ring (bicyclic) bond motifs is 2. The number of carbonyl (C=O) groups is 1. The summed E-state index contributed by atoms with van der Waals surface area (Å²) in [5, 5.41) is 3.02. The number of piperidine rings is 1. The zero-order valence-corrected chi connectivity index (χ0v) is 14.7. The Balaban J connectivity index is 1.68. The lowest BCUT2D eigenvalue weighted by atomic mass is 9.92. The maximum Gasteiger partial charge on any atom is 0.407 e. The first kappa shape index (κ1) is 16.9. The highest BCUT2D eigenvalue weighted by atomic mass is 19.1. The van der Waals surface area contributed by atoms with Crippen molar-refractivity contribution in [2.24, 2.45) is 11.8 Å². The molecule has 2 heterocycles. The second kappa shape index (κ2) is 6.18. The van der Waals surface area contributed by atoms with E-state index >= 15 is 0 Å². The molecule has 3 atom stereocenters. The molecule has 1 N–H and O–H groups in total. The number of nitrogens with zero attached hydrogens (tertiary/aromatic N) is 3. The molecule has 2 unspecified atom stereocenters. The Morgan fingerprint density at radius 1 is 1.33 bits per heavy atom. The highest BCUT2D eigenvalue weighted by Crippen LogP contribution is 2.38. The zero-order chi connectivity index (χ0) is 17.5. The summed E-state index contributed by atoms with van der Waals surface area (Å²) in [7, 11) is 0. The number of nitrogens with one attached hydrogen (secondary N) is 1. The Hall–Kier alpha value is -1.92. The number of ether oxygens (including phenoxy) is 1. The first-order valence-corrected chi connectivity index (χ1v) is 8.46. The van der Waals surface area contributed by atoms with E-state index in [2.05, 4.69) is 15.3 Å². The predicted octanol–water partition coefficient (Wildman–Crippen LogP) is 2.66. The lowest BCUT2D eigenvalue weighted by Gasteiger charge is -2.39. The van der Waals surface area contributed by atoms with Crippen LogP contribution in [0.4, 0.5) is 15.0 Å². The summed E-state index contributed by atoms with van der Waals surface area (Å²) < 4.78 is 19.4. The van der Waals surface area contributed by atoms with Gasteiger partial charge in [0.2, 0.25) is 0 Å². The Kier molecular flexibility index (Phi) is 4.36. The van der Waals surface area contributed by atoms with Crippen LogP contribution < -0.4 is 10.2 Å². The number of carbonyl (C=O) groups excluding carboxylic acids is 1. The molecule has 132 valence electrons. The summed E-state index contributed by atoms with van der Waals surface area (Å²) in [6.07, 6.45) is 2.90. The number of rotatable bonds is 2. The molecule has 1 aliphatic heterocycles. The summed E-state index contributed by atoms with van der Waals surface area (Å²) in [4.78, 5) is 22.2. The van der Waals surface area contributed by atoms with Crippen LogP contribution in [-0.4, -0.2) is 40.8 Å². The van der Waals surface area contributed by atoms with Crippen molar-refractivity contribution in [2.75, 3.05) is 18.0 Å². The molecule has 24 heavy (non-hydrogen) atoms. The van der Waals surface area contributed by atoms with Gasteiger partial charge in [0.05, 0.1) is 6.20 Å². The quantitative estimate of drug-likeness (QED) is 0.899. The molecule has 2 fully saturated rings. The van der Waals surface area contributed by atoms with Crippen molar-refractivity contribution in [3.8, 4) is 0 Å². The van der Waals surface area contributed by atoms with Gasteiger partial charge in [-0.15, -0.1) is 0 Å². The van der Waals surface area contributed by atoms with Crippen LogP contribution in [-0.2, 0) is 4.74 Å². The molecule has 1 saturated carbocycles. The molecule has 6 nitrogen and oxygen atoms in total. The van der Waals surface area contributed by atoms with Gasteiger partial charge in [0, 0.05) is 19.1 Å². The maximum absolute atomic E-state index is 14.1. The number of hydrogen-bond donors (Lipinski definition) is 1. The minimum atomic E-state index is -0.508. The summed E-state index contributed by atoms with van der Waals surface area (Å²) in [5.41, 5.74) is -0.508. The third kappa shape index (κ3) is 3.60. The van der Waals surface area contributed by atoms with E-state index in [4.69, 9.17) is 4.74 Å². The minimum absolute atomic E-state index is 0.0853. The molecule has 3 rings (SSSR count). The molecule has 7 heteroatoms. The van der Waals surface area contributed by atoms with Crippen LogP contribution in [0, 0.1) is 24.6 Å². The largest absolute Gasteiger partial charge is 0.444 e. The number of hydrogen-bond acceptors (Lipinski definition) is 5. The van der Waals surface area contributed by atoms with Crippen molar-refractivity contribution < 1.29 is 13.9 Å². The molecule has 1 saturated heterocycles. The van der Waals surface area contributed by atoms with E-state index in [1.54, 1.807) is 6.92 Å². The molecule has 1 aliphatic carbocycles. The molecular weight excluding hydrogens is 311 g/mol. The van der Waals surface area contributed by atoms with Crippen molar-refractivity contribution in [3.05, 3.63) is 17.8 Å². The fourth-order valence-electron chi connectivity index (χ4n) is 3.74. The average molecular weight is 336 g/mol. The fraction of sp³-hybridized carbons (Fsp3) is 0.706. The van der Waals surface area contributed by atoms with Gasteiger partial charge in [0.15, 0.2) is 11.6 Å². The van der Waals surface area contributed by atoms with E-state index in [0.29, 0.717) is 24.7 Å². The summed E-state index contributed by atoms with van der Waals surface area (Å²) >= 11 is 0. The number of halogens is 1. The van der Waals surface area contributed by atoms with Crippen LogP contribution in [0.5, 0.6) is 0 Å². The van der Waals surface area contributed by atoms with Crippen molar-refractivity contribution >= 4 is 11.9 Å². The Bertz CT molecular complexity index is 618. The van der Waals surface area contributed by atoms with E-state index in [1.165, 1.54) is 6.20 Å². The van der Waals surface area contributed by atoms with Crippen molar-refractivity contribution in [1.29, 1.82) is 0 Å². The van der Waals surface area contributed by atoms with Crippen LogP contribution in [0.25, 0.3) is 0 Å². The summed E-state index contributed by atoms with van der Waals surface area (Å²) in [6.45, 7) is 8.68. The molecular formula is C17H25FN4O2. The molecule has 0 spiro atoms. The monoisotopic (exact) mass is 336 g/mol. The van der Waals surface area contributed by atoms with Gasteiger partial charge in [-0.1, -0.05) is 0 Å². The minimum Gasteiger partial charge on any atom is -0.444 e. The second-order valence-corrected chi connectivity index (χ2v) is 7.76. The SMILES string of the molecule is Cc1ncc(F)c(N2CC3CC[C@@H](C2)C3NC(=O)OC(C)(C)C)n1. The van der Waals surface area contributed by atoms with Crippen LogP contribution in [0.2, 0.25) is 0 Å². The number of amides is 1. The van der Waals surface area contributed by atoms with Crippen molar-refractivity contribution in [2.45, 2.75) is 52.2 Å². The molecule has 2 aliphatic rings. The summed E-state index contributed by atoms with van der Waals surface area (Å²) in [5.74, 6) is 1.11. The van der Waals surface area contributed by atoms with Gasteiger partial charge in [-0.05, 0) is 52.4 Å². The van der Waals surface area contributed by atoms with E-state index in [9.17, 15) is 9.18 Å². The van der Waals surface area contributed by atoms with Gasteiger partial charge in [-0.3, -0.25) is 0 Å². The standard InChI is InChI=1S/C17H25FN4O2/c1-10-19-7-13(18)15(20-10)22-8-11-5-6-12(9-22)14(11)21-16(23)24-17(2,3)4/h7,11-12,14H,5-6,8-9H2,1-4H3,(H,21,23)/t11-,12?,14?/m0/s1. The third-order valence-electron chi connectivity index (χ3n) is 4.66. The van der Waals surface area contributed by atoms with Gasteiger partial charge < -0.3 is 15.0 Å². The molecule has 1 aromatic heterocycles. The lowest BCUT2D eigenvalue weighted by molar-refractivity contribution is 0.0472. The van der Waals surface area contributed by atoms with Gasteiger partial charge >= 0.3 is 6.09 Å². The third-order valence-corrected chi connectivity index (χ3v) is 4.66. The number of anilines is 1. The van der Waals surface area contributed by atoms with E-state index < -0.39 is 11.4 Å². The normalized spacial score (nSPS) is 26.4. The molecule has 1 amide bonds. The molecule has 0 aromatic carbocycles. The van der Waals surface area contributed by atoms with E-state index in [-0.39, 0.29) is 24.0 Å². The van der Waals surface area contributed by atoms with E-state index in [1.807, 2.05) is 25.7 Å². The van der Waals surface area contributed by atoms with Gasteiger partial charge in [0.25, 0.3) is 0 Å². The predicted molar refractivity (Wildman–Crippen MR) is 88.3 cm³/mol. The molecule has 1 aromatic rings. The molecule has 0 radical (unpaired) electrons. The lowest BCUT2D eigenvalue weighted by Crippen LogP contribution is -2.53. The maximum atomic E-state index is 14.1. The molecule has 2 bridgehead atoms. The second-order valence-electron chi connectivity index (χ2n) is 7.76. The average Bonchev–Trinajstić information content (AvgIpc) is 2.70. The van der Waals surface area contributed by atoms with Crippen LogP contribution in [0.3, 0.4) is 0 Å². The van der Waals surface area contributed by atoms with Crippen LogP contribution in [0.15, 0.2) is 6.20 Å². The smallest absolute Gasteiger partial charge is 0.407 e. The van der Waals surface area contributed by atoms with Crippen molar-refractivity contribution in [3.63, 3.8) is 0 Å². The van der Waals surface area contributed by atoms with Gasteiger partial charge in [-0.2, -0.15) is 0 Å².